The highest BCUT2D eigenvalue weighted by Crippen LogP contribution is 2.32. The third kappa shape index (κ3) is 2.23. The summed E-state index contributed by atoms with van der Waals surface area (Å²) in [4.78, 5) is 2.30. The summed E-state index contributed by atoms with van der Waals surface area (Å²) in [5.41, 5.74) is 1.12. The van der Waals surface area contributed by atoms with Crippen molar-refractivity contribution >= 4 is 0 Å². The first-order valence-electron chi connectivity index (χ1n) is 5.37. The molecule has 15 heavy (non-hydrogen) atoms. The van der Waals surface area contributed by atoms with Crippen LogP contribution in [0.3, 0.4) is 0 Å². The van der Waals surface area contributed by atoms with E-state index in [2.05, 4.69) is 11.9 Å². The Bertz CT molecular complexity index is 351. The number of benzene rings is 1. The average Bonchev–Trinajstić information content (AvgIpc) is 2.22. The van der Waals surface area contributed by atoms with Crippen molar-refractivity contribution in [2.75, 3.05) is 20.1 Å². The second-order valence-corrected chi connectivity index (χ2v) is 4.35. The smallest absolute Gasteiger partial charge is 0.157 e. The molecule has 1 atom stereocenters. The molecule has 0 bridgehead atoms. The van der Waals surface area contributed by atoms with Gasteiger partial charge in [0.25, 0.3) is 0 Å². The largest absolute Gasteiger partial charge is 0.504 e. The quantitative estimate of drug-likeness (QED) is 0.691. The first kappa shape index (κ1) is 10.3. The Morgan fingerprint density at radius 1 is 1.27 bits per heavy atom. The van der Waals surface area contributed by atoms with Crippen LogP contribution >= 0.6 is 0 Å². The van der Waals surface area contributed by atoms with Gasteiger partial charge in [0.2, 0.25) is 0 Å². The molecule has 2 rings (SSSR count). The van der Waals surface area contributed by atoms with Crippen LogP contribution in [0.2, 0.25) is 0 Å². The Kier molecular flexibility index (Phi) is 2.82. The molecule has 82 valence electrons. The van der Waals surface area contributed by atoms with Crippen LogP contribution in [0.5, 0.6) is 11.5 Å². The summed E-state index contributed by atoms with van der Waals surface area (Å²) in [6.45, 7) is 2.19. The number of hydrogen-bond acceptors (Lipinski definition) is 3. The summed E-state index contributed by atoms with van der Waals surface area (Å²) in [6, 6.07) is 5.15. The number of aromatic hydroxyl groups is 2. The minimum absolute atomic E-state index is 0.0132. The minimum Gasteiger partial charge on any atom is -0.504 e. The molecule has 2 N–H and O–H groups in total. The fourth-order valence-corrected chi connectivity index (χ4v) is 2.23. The normalized spacial score (nSPS) is 22.9. The topological polar surface area (TPSA) is 43.7 Å². The predicted octanol–water partition coefficient (Wildman–Crippen LogP) is 1.91. The van der Waals surface area contributed by atoms with E-state index in [1.807, 2.05) is 6.07 Å². The number of piperidine rings is 1. The van der Waals surface area contributed by atoms with Crippen molar-refractivity contribution in [1.29, 1.82) is 0 Å². The van der Waals surface area contributed by atoms with Crippen LogP contribution in [0.1, 0.15) is 24.3 Å². The van der Waals surface area contributed by atoms with E-state index in [4.69, 9.17) is 0 Å². The highest BCUT2D eigenvalue weighted by molar-refractivity contribution is 5.41. The maximum atomic E-state index is 9.43. The Balaban J connectivity index is 2.18. The molecule has 3 nitrogen and oxygen atoms in total. The molecule has 0 aromatic heterocycles. The molecule has 1 heterocycles. The Morgan fingerprint density at radius 2 is 2.07 bits per heavy atom. The Labute approximate surface area is 90.0 Å². The number of rotatable bonds is 1. The lowest BCUT2D eigenvalue weighted by Crippen LogP contribution is -2.30. The molecule has 0 unspecified atom stereocenters. The van der Waals surface area contributed by atoms with Gasteiger partial charge in [0.1, 0.15) is 0 Å². The molecule has 0 spiro atoms. The van der Waals surface area contributed by atoms with Crippen LogP contribution in [0, 0.1) is 0 Å². The van der Waals surface area contributed by atoms with Crippen molar-refractivity contribution in [2.24, 2.45) is 0 Å². The Morgan fingerprint density at radius 3 is 2.73 bits per heavy atom. The molecule has 1 aromatic rings. The molecule has 1 fully saturated rings. The number of nitrogens with zero attached hydrogens (tertiary/aromatic N) is 1. The zero-order valence-electron chi connectivity index (χ0n) is 8.98. The molecule has 1 aromatic carbocycles. The van der Waals surface area contributed by atoms with Gasteiger partial charge in [-0.1, -0.05) is 6.07 Å². The predicted molar refractivity (Wildman–Crippen MR) is 59.2 cm³/mol. The van der Waals surface area contributed by atoms with Gasteiger partial charge in [-0.25, -0.2) is 0 Å². The maximum Gasteiger partial charge on any atom is 0.157 e. The van der Waals surface area contributed by atoms with Crippen LogP contribution in [0.4, 0.5) is 0 Å². The fourth-order valence-electron chi connectivity index (χ4n) is 2.23. The number of likely N-dealkylation sites (tertiary alicyclic amines) is 1. The summed E-state index contributed by atoms with van der Waals surface area (Å²) in [7, 11) is 2.12. The first-order chi connectivity index (χ1) is 7.16. The van der Waals surface area contributed by atoms with Crippen LogP contribution < -0.4 is 0 Å². The molecule has 0 aliphatic carbocycles. The van der Waals surface area contributed by atoms with E-state index in [0.717, 1.165) is 25.1 Å². The molecule has 1 saturated heterocycles. The van der Waals surface area contributed by atoms with Crippen molar-refractivity contribution in [3.8, 4) is 11.5 Å². The standard InChI is InChI=1S/C12H17NO2/c1-13-6-2-3-10(8-13)9-4-5-11(14)12(15)7-9/h4-5,7,10,14-15H,2-3,6,8H2,1H3/t10-/m0/s1. The molecule has 0 saturated carbocycles. The summed E-state index contributed by atoms with van der Waals surface area (Å²) >= 11 is 0. The second kappa shape index (κ2) is 4.11. The number of phenols is 2. The lowest BCUT2D eigenvalue weighted by Gasteiger charge is -2.30. The molecule has 0 radical (unpaired) electrons. The van der Waals surface area contributed by atoms with E-state index in [1.165, 1.54) is 6.42 Å². The zero-order chi connectivity index (χ0) is 10.8. The van der Waals surface area contributed by atoms with Gasteiger partial charge < -0.3 is 15.1 Å². The third-order valence-electron chi connectivity index (χ3n) is 3.10. The zero-order valence-corrected chi connectivity index (χ0v) is 8.98. The van der Waals surface area contributed by atoms with Crippen molar-refractivity contribution in [3.05, 3.63) is 23.8 Å². The summed E-state index contributed by atoms with van der Waals surface area (Å²) in [6.07, 6.45) is 2.36. The van der Waals surface area contributed by atoms with Gasteiger partial charge in [0, 0.05) is 6.54 Å². The van der Waals surface area contributed by atoms with Gasteiger partial charge in [-0.3, -0.25) is 0 Å². The number of hydrogen-bond donors (Lipinski definition) is 2. The van der Waals surface area contributed by atoms with Crippen LogP contribution in [0.15, 0.2) is 18.2 Å². The van der Waals surface area contributed by atoms with E-state index >= 15 is 0 Å². The van der Waals surface area contributed by atoms with Gasteiger partial charge in [0.15, 0.2) is 11.5 Å². The van der Waals surface area contributed by atoms with Crippen molar-refractivity contribution in [3.63, 3.8) is 0 Å². The molecular weight excluding hydrogens is 190 g/mol. The molecule has 0 amide bonds. The van der Waals surface area contributed by atoms with Gasteiger partial charge in [0.05, 0.1) is 0 Å². The van der Waals surface area contributed by atoms with Crippen molar-refractivity contribution in [1.82, 2.24) is 4.90 Å². The van der Waals surface area contributed by atoms with Crippen LogP contribution in [0.25, 0.3) is 0 Å². The van der Waals surface area contributed by atoms with Crippen LogP contribution in [-0.2, 0) is 0 Å². The van der Waals surface area contributed by atoms with Gasteiger partial charge in [-0.2, -0.15) is 0 Å². The highest BCUT2D eigenvalue weighted by atomic mass is 16.3. The summed E-state index contributed by atoms with van der Waals surface area (Å²) in [5.74, 6) is 0.430. The molecule has 3 heteroatoms. The van der Waals surface area contributed by atoms with Gasteiger partial charge in [-0.05, 0) is 50.0 Å². The average molecular weight is 207 g/mol. The monoisotopic (exact) mass is 207 g/mol. The summed E-state index contributed by atoms with van der Waals surface area (Å²) < 4.78 is 0. The van der Waals surface area contributed by atoms with Crippen molar-refractivity contribution in [2.45, 2.75) is 18.8 Å². The molecule has 1 aliphatic heterocycles. The third-order valence-corrected chi connectivity index (χ3v) is 3.10. The maximum absolute atomic E-state index is 9.43. The minimum atomic E-state index is -0.0390. The second-order valence-electron chi connectivity index (χ2n) is 4.35. The first-order valence-corrected chi connectivity index (χ1v) is 5.37. The summed E-state index contributed by atoms with van der Waals surface area (Å²) in [5, 5.41) is 18.7. The lowest BCUT2D eigenvalue weighted by atomic mass is 9.91. The Hall–Kier alpha value is -1.22. The van der Waals surface area contributed by atoms with E-state index < -0.39 is 0 Å². The van der Waals surface area contributed by atoms with Gasteiger partial charge in [-0.15, -0.1) is 0 Å². The molecular formula is C12H17NO2. The fraction of sp³-hybridized carbons (Fsp3) is 0.500. The molecule has 1 aliphatic rings. The van der Waals surface area contributed by atoms with E-state index in [0.29, 0.717) is 5.92 Å². The van der Waals surface area contributed by atoms with E-state index in [-0.39, 0.29) is 11.5 Å². The highest BCUT2D eigenvalue weighted by Gasteiger charge is 2.19. The van der Waals surface area contributed by atoms with E-state index in [9.17, 15) is 10.2 Å². The van der Waals surface area contributed by atoms with Crippen molar-refractivity contribution < 1.29 is 10.2 Å². The SMILES string of the molecule is CN1CCC[C@H](c2ccc(O)c(O)c2)C1. The number of phenolic OH excluding ortho intramolecular Hbond substituents is 2. The van der Waals surface area contributed by atoms with Crippen LogP contribution in [-0.4, -0.2) is 35.3 Å². The van der Waals surface area contributed by atoms with Gasteiger partial charge >= 0.3 is 0 Å². The lowest BCUT2D eigenvalue weighted by molar-refractivity contribution is 0.250. The van der Waals surface area contributed by atoms with E-state index in [1.54, 1.807) is 12.1 Å². The number of likely N-dealkylation sites (N-methyl/N-ethyl adjacent to an activating group) is 1.